The van der Waals surface area contributed by atoms with Crippen LogP contribution < -0.4 is 0 Å². The molecule has 0 fully saturated rings. The largest absolute Gasteiger partial charge is 0.392 e. The van der Waals surface area contributed by atoms with Crippen LogP contribution in [-0.2, 0) is 27.9 Å². The van der Waals surface area contributed by atoms with Crippen LogP contribution in [0.1, 0.15) is 16.7 Å². The first kappa shape index (κ1) is 16.1. The van der Waals surface area contributed by atoms with Gasteiger partial charge < -0.3 is 5.11 Å². The summed E-state index contributed by atoms with van der Waals surface area (Å²) in [5, 5.41) is 19.7. The molecule has 22 heavy (non-hydrogen) atoms. The van der Waals surface area contributed by atoms with Crippen molar-refractivity contribution in [2.24, 2.45) is 0 Å². The predicted molar refractivity (Wildman–Crippen MR) is 81.8 cm³/mol. The summed E-state index contributed by atoms with van der Waals surface area (Å²) < 4.78 is 24.4. The van der Waals surface area contributed by atoms with Crippen LogP contribution in [0.4, 0.5) is 5.69 Å². The fraction of sp³-hybridized carbons (Fsp3) is 0.200. The lowest BCUT2D eigenvalue weighted by Crippen LogP contribution is -2.08. The standard InChI is InChI=1S/C15H15NO5S/c17-9-12-4-6-13(7-5-12)10-22(20,21)11-14-2-1-3-15(8-14)16(18)19/h1-8,17H,9-11H2. The van der Waals surface area contributed by atoms with E-state index in [9.17, 15) is 18.5 Å². The molecule has 2 aromatic rings. The summed E-state index contributed by atoms with van der Waals surface area (Å²) in [6.07, 6.45) is 0. The highest BCUT2D eigenvalue weighted by Crippen LogP contribution is 2.17. The molecular weight excluding hydrogens is 306 g/mol. The van der Waals surface area contributed by atoms with Crippen molar-refractivity contribution in [2.75, 3.05) is 0 Å². The third-order valence-electron chi connectivity index (χ3n) is 3.10. The molecule has 7 heteroatoms. The van der Waals surface area contributed by atoms with Crippen molar-refractivity contribution in [3.8, 4) is 0 Å². The highest BCUT2D eigenvalue weighted by molar-refractivity contribution is 7.89. The Bertz CT molecular complexity index is 769. The maximum absolute atomic E-state index is 12.2. The quantitative estimate of drug-likeness (QED) is 0.650. The highest BCUT2D eigenvalue weighted by atomic mass is 32.2. The Kier molecular flexibility index (Phi) is 4.89. The van der Waals surface area contributed by atoms with Crippen LogP contribution >= 0.6 is 0 Å². The second-order valence-corrected chi connectivity index (χ2v) is 7.00. The van der Waals surface area contributed by atoms with Gasteiger partial charge in [-0.25, -0.2) is 8.42 Å². The van der Waals surface area contributed by atoms with Gasteiger partial charge in [-0.1, -0.05) is 36.4 Å². The number of sulfone groups is 1. The van der Waals surface area contributed by atoms with E-state index in [1.807, 2.05) is 0 Å². The number of benzene rings is 2. The molecule has 0 aromatic heterocycles. The van der Waals surface area contributed by atoms with Crippen LogP contribution in [0, 0.1) is 10.1 Å². The normalized spacial score (nSPS) is 11.3. The van der Waals surface area contributed by atoms with Crippen molar-refractivity contribution < 1.29 is 18.4 Å². The molecule has 2 rings (SSSR count). The number of nitro groups is 1. The van der Waals surface area contributed by atoms with E-state index in [-0.39, 0.29) is 23.8 Å². The van der Waals surface area contributed by atoms with E-state index in [1.165, 1.54) is 18.2 Å². The van der Waals surface area contributed by atoms with Crippen molar-refractivity contribution in [3.63, 3.8) is 0 Å². The Morgan fingerprint density at radius 3 is 2.14 bits per heavy atom. The van der Waals surface area contributed by atoms with Crippen LogP contribution in [0.5, 0.6) is 0 Å². The van der Waals surface area contributed by atoms with E-state index < -0.39 is 14.8 Å². The smallest absolute Gasteiger partial charge is 0.269 e. The molecule has 0 aliphatic carbocycles. The summed E-state index contributed by atoms with van der Waals surface area (Å²) in [6.45, 7) is -0.0965. The predicted octanol–water partition coefficient (Wildman–Crippen LogP) is 2.20. The summed E-state index contributed by atoms with van der Waals surface area (Å²) >= 11 is 0. The third-order valence-corrected chi connectivity index (χ3v) is 4.65. The monoisotopic (exact) mass is 321 g/mol. The minimum Gasteiger partial charge on any atom is -0.392 e. The number of aliphatic hydroxyl groups excluding tert-OH is 1. The molecule has 1 N–H and O–H groups in total. The van der Waals surface area contributed by atoms with Gasteiger partial charge in [0.25, 0.3) is 5.69 Å². The molecule has 0 bridgehead atoms. The van der Waals surface area contributed by atoms with Crippen molar-refractivity contribution in [1.29, 1.82) is 0 Å². The second kappa shape index (κ2) is 6.67. The molecular formula is C15H15NO5S. The Morgan fingerprint density at radius 2 is 1.55 bits per heavy atom. The maximum atomic E-state index is 12.2. The minimum absolute atomic E-state index is 0.0965. The molecule has 0 unspecified atom stereocenters. The summed E-state index contributed by atoms with van der Waals surface area (Å²) in [5.41, 5.74) is 1.59. The van der Waals surface area contributed by atoms with Gasteiger partial charge in [0.1, 0.15) is 0 Å². The number of hydrogen-bond acceptors (Lipinski definition) is 5. The number of nitrogens with zero attached hydrogens (tertiary/aromatic N) is 1. The number of rotatable bonds is 6. The molecule has 116 valence electrons. The molecule has 0 saturated heterocycles. The van der Waals surface area contributed by atoms with E-state index in [1.54, 1.807) is 30.3 Å². The van der Waals surface area contributed by atoms with Gasteiger partial charge in [0.2, 0.25) is 0 Å². The van der Waals surface area contributed by atoms with Gasteiger partial charge in [0.05, 0.1) is 23.0 Å². The fourth-order valence-electron chi connectivity index (χ4n) is 2.06. The number of hydrogen-bond donors (Lipinski definition) is 1. The lowest BCUT2D eigenvalue weighted by molar-refractivity contribution is -0.384. The van der Waals surface area contributed by atoms with Crippen LogP contribution in [0.2, 0.25) is 0 Å². The topological polar surface area (TPSA) is 97.5 Å². The average molecular weight is 321 g/mol. The number of nitro benzene ring substituents is 1. The molecule has 0 saturated carbocycles. The summed E-state index contributed by atoms with van der Waals surface area (Å²) in [4.78, 5) is 10.2. The van der Waals surface area contributed by atoms with E-state index in [0.29, 0.717) is 16.7 Å². The zero-order chi connectivity index (χ0) is 16.2. The maximum Gasteiger partial charge on any atom is 0.269 e. The molecule has 0 aliphatic rings. The van der Waals surface area contributed by atoms with Gasteiger partial charge in [0, 0.05) is 12.1 Å². The zero-order valence-corrected chi connectivity index (χ0v) is 12.5. The molecule has 2 aromatic carbocycles. The molecule has 0 heterocycles. The van der Waals surface area contributed by atoms with Crippen LogP contribution in [0.3, 0.4) is 0 Å². The van der Waals surface area contributed by atoms with Crippen LogP contribution in [0.15, 0.2) is 48.5 Å². The highest BCUT2D eigenvalue weighted by Gasteiger charge is 2.15. The minimum atomic E-state index is -3.43. The first-order valence-electron chi connectivity index (χ1n) is 6.52. The molecule has 6 nitrogen and oxygen atoms in total. The average Bonchev–Trinajstić information content (AvgIpc) is 2.47. The first-order chi connectivity index (χ1) is 10.4. The Labute approximate surface area is 128 Å². The van der Waals surface area contributed by atoms with Gasteiger partial charge >= 0.3 is 0 Å². The summed E-state index contributed by atoms with van der Waals surface area (Å²) in [7, 11) is -3.43. The van der Waals surface area contributed by atoms with E-state index in [0.717, 1.165) is 0 Å². The first-order valence-corrected chi connectivity index (χ1v) is 8.34. The molecule has 0 atom stereocenters. The Balaban J connectivity index is 2.13. The van der Waals surface area contributed by atoms with E-state index in [4.69, 9.17) is 5.11 Å². The van der Waals surface area contributed by atoms with Gasteiger partial charge in [-0.15, -0.1) is 0 Å². The van der Waals surface area contributed by atoms with Gasteiger partial charge in [-0.2, -0.15) is 0 Å². The molecule has 0 amide bonds. The molecule has 0 spiro atoms. The van der Waals surface area contributed by atoms with Crippen molar-refractivity contribution in [1.82, 2.24) is 0 Å². The third kappa shape index (κ3) is 4.37. The van der Waals surface area contributed by atoms with E-state index in [2.05, 4.69) is 0 Å². The van der Waals surface area contributed by atoms with Crippen molar-refractivity contribution >= 4 is 15.5 Å². The number of aliphatic hydroxyl groups is 1. The van der Waals surface area contributed by atoms with Crippen molar-refractivity contribution in [2.45, 2.75) is 18.1 Å². The SMILES string of the molecule is O=[N+]([O-])c1cccc(CS(=O)(=O)Cc2ccc(CO)cc2)c1. The van der Waals surface area contributed by atoms with Gasteiger partial charge in [-0.05, 0) is 16.7 Å². The fourth-order valence-corrected chi connectivity index (χ4v) is 3.55. The second-order valence-electron chi connectivity index (χ2n) is 4.93. The van der Waals surface area contributed by atoms with Crippen molar-refractivity contribution in [3.05, 3.63) is 75.3 Å². The number of non-ortho nitro benzene ring substituents is 1. The molecule has 0 radical (unpaired) electrons. The van der Waals surface area contributed by atoms with Gasteiger partial charge in [-0.3, -0.25) is 10.1 Å². The Hall–Kier alpha value is -2.25. The Morgan fingerprint density at radius 1 is 0.955 bits per heavy atom. The van der Waals surface area contributed by atoms with Crippen LogP contribution in [-0.4, -0.2) is 18.4 Å². The summed E-state index contributed by atoms with van der Waals surface area (Å²) in [6, 6.07) is 12.2. The zero-order valence-electron chi connectivity index (χ0n) is 11.7. The molecule has 0 aliphatic heterocycles. The lowest BCUT2D eigenvalue weighted by Gasteiger charge is -2.06. The van der Waals surface area contributed by atoms with Crippen LogP contribution in [0.25, 0.3) is 0 Å². The van der Waals surface area contributed by atoms with Gasteiger partial charge in [0.15, 0.2) is 9.84 Å². The summed E-state index contributed by atoms with van der Waals surface area (Å²) in [5.74, 6) is -0.405. The lowest BCUT2D eigenvalue weighted by atomic mass is 10.2. The van der Waals surface area contributed by atoms with E-state index >= 15 is 0 Å².